The molecule has 3 atom stereocenters. The van der Waals surface area contributed by atoms with Gasteiger partial charge in [-0.25, -0.2) is 12.7 Å². The maximum absolute atomic E-state index is 15.2. The molecular formula is C30H29ClF3N3O7S. The van der Waals surface area contributed by atoms with E-state index in [1.165, 1.54) is 55.3 Å². The number of carbonyl (C=O) groups is 2. The lowest BCUT2D eigenvalue weighted by Crippen LogP contribution is -2.59. The van der Waals surface area contributed by atoms with Crippen LogP contribution >= 0.6 is 11.6 Å². The number of hydrogen-bond acceptors (Lipinski definition) is 8. The van der Waals surface area contributed by atoms with Crippen molar-refractivity contribution in [3.63, 3.8) is 0 Å². The van der Waals surface area contributed by atoms with Crippen LogP contribution in [-0.2, 0) is 25.2 Å². The number of β-amino-alcohol motifs (C(OH)–C–C–N with tert-alkyl or cyclic N) is 1. The highest BCUT2D eigenvalue weighted by Gasteiger charge is 2.64. The van der Waals surface area contributed by atoms with Crippen LogP contribution in [0.4, 0.5) is 18.9 Å². The topological polar surface area (TPSA) is 117 Å². The Balaban J connectivity index is 1.87. The van der Waals surface area contributed by atoms with Crippen molar-refractivity contribution in [1.29, 1.82) is 0 Å². The fraction of sp³-hybridized carbons (Fsp3) is 0.333. The maximum Gasteiger partial charge on any atom is 0.573 e. The SMILES string of the molecule is COc1ccc(C)cc1C1(N2C[C@H](O)C[C@H]2C(=O)N(C)C)C(=O)N(S(=O)(=O)c2ccccc2OC(F)(F)F)c2ccc(Cl)cc21. The van der Waals surface area contributed by atoms with E-state index >= 15 is 4.79 Å². The molecule has 10 nitrogen and oxygen atoms in total. The molecule has 3 aromatic carbocycles. The lowest BCUT2D eigenvalue weighted by atomic mass is 9.80. The first-order valence-electron chi connectivity index (χ1n) is 13.6. The summed E-state index contributed by atoms with van der Waals surface area (Å²) in [4.78, 5) is 30.5. The van der Waals surface area contributed by atoms with E-state index < -0.39 is 56.5 Å². The molecule has 0 aliphatic carbocycles. The molecule has 2 amide bonds. The molecule has 2 aliphatic rings. The van der Waals surface area contributed by atoms with Crippen molar-refractivity contribution < 1.29 is 45.8 Å². The van der Waals surface area contributed by atoms with Crippen molar-refractivity contribution in [1.82, 2.24) is 9.80 Å². The fourth-order valence-corrected chi connectivity index (χ4v) is 7.82. The standard InChI is InChI=1S/C30H29ClF3N3O7S/c1-17-9-12-24(43-4)21(13-17)29(36-16-19(38)15-23(36)27(39)35(2)3)20-14-18(31)10-11-22(20)37(28(29)40)45(41,42)26-8-6-5-7-25(26)44-30(32,33)34/h5-14,19,23,38H,15-16H2,1-4H3/t19-,23+,29?/m1/s1. The van der Waals surface area contributed by atoms with Crippen LogP contribution in [-0.4, -0.2) is 81.4 Å². The van der Waals surface area contributed by atoms with Gasteiger partial charge in [0.2, 0.25) is 5.91 Å². The number of amides is 2. The molecule has 5 rings (SSSR count). The Morgan fingerprint density at radius 1 is 1.07 bits per heavy atom. The number of ether oxygens (including phenoxy) is 2. The highest BCUT2D eigenvalue weighted by Crippen LogP contribution is 2.55. The minimum Gasteiger partial charge on any atom is -0.496 e. The van der Waals surface area contributed by atoms with Gasteiger partial charge in [0.25, 0.3) is 15.9 Å². The monoisotopic (exact) mass is 667 g/mol. The second kappa shape index (κ2) is 11.5. The molecular weight excluding hydrogens is 639 g/mol. The molecule has 45 heavy (non-hydrogen) atoms. The average molecular weight is 668 g/mol. The van der Waals surface area contributed by atoms with E-state index in [-0.39, 0.29) is 40.6 Å². The maximum atomic E-state index is 15.2. The summed E-state index contributed by atoms with van der Waals surface area (Å²) in [5.74, 6) is -2.51. The van der Waals surface area contributed by atoms with E-state index in [1.54, 1.807) is 25.1 Å². The van der Waals surface area contributed by atoms with Gasteiger partial charge < -0.3 is 19.5 Å². The molecule has 1 saturated heterocycles. The van der Waals surface area contributed by atoms with Gasteiger partial charge in [-0.15, -0.1) is 13.2 Å². The molecule has 0 aromatic heterocycles. The number of likely N-dealkylation sites (tertiary alicyclic amines) is 1. The molecule has 0 bridgehead atoms. The third kappa shape index (κ3) is 5.39. The van der Waals surface area contributed by atoms with Gasteiger partial charge in [-0.2, -0.15) is 0 Å². The van der Waals surface area contributed by atoms with Gasteiger partial charge in [0.05, 0.1) is 24.9 Å². The van der Waals surface area contributed by atoms with Crippen LogP contribution in [0.3, 0.4) is 0 Å². The fourth-order valence-electron chi connectivity index (χ4n) is 6.07. The normalized spacial score (nSPS) is 22.0. The number of likely N-dealkylation sites (N-methyl/N-ethyl adjacent to an activating group) is 1. The molecule has 1 unspecified atom stereocenters. The summed E-state index contributed by atoms with van der Waals surface area (Å²) in [6.07, 6.45) is -6.44. The number of para-hydroxylation sites is 1. The van der Waals surface area contributed by atoms with Crippen molar-refractivity contribution in [3.8, 4) is 11.5 Å². The molecule has 240 valence electrons. The highest BCUT2D eigenvalue weighted by atomic mass is 35.5. The Morgan fingerprint density at radius 2 is 1.76 bits per heavy atom. The number of anilines is 1. The number of fused-ring (bicyclic) bond motifs is 1. The summed E-state index contributed by atoms with van der Waals surface area (Å²) < 4.78 is 78.9. The van der Waals surface area contributed by atoms with Crippen molar-refractivity contribution in [2.45, 2.75) is 42.3 Å². The first-order valence-corrected chi connectivity index (χ1v) is 15.4. The zero-order chi connectivity index (χ0) is 33.1. The van der Waals surface area contributed by atoms with Gasteiger partial charge in [-0.1, -0.05) is 35.4 Å². The zero-order valence-electron chi connectivity index (χ0n) is 24.5. The molecule has 2 heterocycles. The number of sulfonamides is 1. The summed E-state index contributed by atoms with van der Waals surface area (Å²) in [5, 5.41) is 11.0. The van der Waals surface area contributed by atoms with Crippen molar-refractivity contribution in [3.05, 3.63) is 82.4 Å². The summed E-state index contributed by atoms with van der Waals surface area (Å²) in [6, 6.07) is 11.8. The van der Waals surface area contributed by atoms with Crippen LogP contribution < -0.4 is 13.8 Å². The number of nitrogens with zero attached hydrogens (tertiary/aromatic N) is 3. The number of hydrogen-bond donors (Lipinski definition) is 1. The minimum atomic E-state index is -5.24. The van der Waals surface area contributed by atoms with Gasteiger partial charge in [-0.3, -0.25) is 14.5 Å². The van der Waals surface area contributed by atoms with Crippen LogP contribution in [0.1, 0.15) is 23.1 Å². The number of halogens is 4. The van der Waals surface area contributed by atoms with Crippen LogP contribution in [0.5, 0.6) is 11.5 Å². The lowest BCUT2D eigenvalue weighted by molar-refractivity contribution is -0.275. The summed E-state index contributed by atoms with van der Waals surface area (Å²) in [6.45, 7) is 1.48. The number of methoxy groups -OCH3 is 1. The van der Waals surface area contributed by atoms with Gasteiger partial charge in [0, 0.05) is 36.8 Å². The number of aliphatic hydroxyl groups excluding tert-OH is 1. The third-order valence-electron chi connectivity index (χ3n) is 7.83. The number of aryl methyl sites for hydroxylation is 1. The zero-order valence-corrected chi connectivity index (χ0v) is 26.1. The van der Waals surface area contributed by atoms with E-state index in [9.17, 15) is 31.5 Å². The summed E-state index contributed by atoms with van der Waals surface area (Å²) in [7, 11) is -0.783. The lowest BCUT2D eigenvalue weighted by Gasteiger charge is -2.42. The Hall–Kier alpha value is -3.85. The average Bonchev–Trinajstić information content (AvgIpc) is 3.46. The molecule has 0 radical (unpaired) electrons. The summed E-state index contributed by atoms with van der Waals surface area (Å²) in [5.41, 5.74) is -1.57. The van der Waals surface area contributed by atoms with Gasteiger partial charge in [0.15, 0.2) is 5.54 Å². The smallest absolute Gasteiger partial charge is 0.496 e. The van der Waals surface area contributed by atoms with Crippen LogP contribution in [0.25, 0.3) is 0 Å². The molecule has 3 aromatic rings. The number of benzene rings is 3. The highest BCUT2D eigenvalue weighted by molar-refractivity contribution is 7.93. The molecule has 1 fully saturated rings. The van der Waals surface area contributed by atoms with E-state index in [2.05, 4.69) is 4.74 Å². The Bertz CT molecular complexity index is 1790. The second-order valence-corrected chi connectivity index (χ2v) is 13.1. The predicted molar refractivity (Wildman–Crippen MR) is 158 cm³/mol. The molecule has 2 aliphatic heterocycles. The van der Waals surface area contributed by atoms with Gasteiger partial charge >= 0.3 is 6.36 Å². The second-order valence-electron chi connectivity index (χ2n) is 10.9. The first kappa shape index (κ1) is 32.5. The van der Waals surface area contributed by atoms with Crippen molar-refractivity contribution in [2.75, 3.05) is 32.1 Å². The number of rotatable bonds is 7. The Kier molecular flexibility index (Phi) is 8.32. The Labute approximate surface area is 262 Å². The largest absolute Gasteiger partial charge is 0.573 e. The quantitative estimate of drug-likeness (QED) is 0.401. The van der Waals surface area contributed by atoms with Gasteiger partial charge in [0.1, 0.15) is 16.4 Å². The molecule has 1 N–H and O–H groups in total. The number of aliphatic hydroxyl groups is 1. The summed E-state index contributed by atoms with van der Waals surface area (Å²) >= 11 is 6.45. The van der Waals surface area contributed by atoms with Crippen molar-refractivity contribution in [2.24, 2.45) is 0 Å². The van der Waals surface area contributed by atoms with Gasteiger partial charge in [-0.05, 0) is 55.8 Å². The molecule has 15 heteroatoms. The van der Waals surface area contributed by atoms with Crippen molar-refractivity contribution >= 4 is 39.1 Å². The molecule has 0 saturated carbocycles. The number of carbonyl (C=O) groups excluding carboxylic acids is 2. The van der Waals surface area contributed by atoms with E-state index in [1.807, 2.05) is 0 Å². The van der Waals surface area contributed by atoms with Crippen LogP contribution in [0.15, 0.2) is 65.6 Å². The first-order chi connectivity index (χ1) is 21.0. The van der Waals surface area contributed by atoms with E-state index in [4.69, 9.17) is 16.3 Å². The van der Waals surface area contributed by atoms with E-state index in [0.717, 1.165) is 18.2 Å². The molecule has 0 spiro atoms. The Morgan fingerprint density at radius 3 is 2.40 bits per heavy atom. The number of alkyl halides is 3. The predicted octanol–water partition coefficient (Wildman–Crippen LogP) is 4.06. The van der Waals surface area contributed by atoms with Crippen LogP contribution in [0, 0.1) is 6.92 Å². The van der Waals surface area contributed by atoms with Crippen LogP contribution in [0.2, 0.25) is 5.02 Å². The minimum absolute atomic E-state index is 0.0207. The van der Waals surface area contributed by atoms with E-state index in [0.29, 0.717) is 9.87 Å². The third-order valence-corrected chi connectivity index (χ3v) is 9.81.